The fourth-order valence-electron chi connectivity index (χ4n) is 9.15. The number of ether oxygens (including phenoxy) is 2. The standard InChI is InChI=1S/C55H57F6N9O6/c1-5-75-49(71)45-35(3)69(43-17-13-15-41(31-43)54(56,57)58)52(73)67(47(45)39-23-19-37(33-62)20-24-39)29-11-7-9-27-65-51(64)66-28-10-8-12-30-68-48(40-25-21-38(34-63)22-26-40)46(50(72)76-6-2)36(4)70(53(68)74)44-18-14-16-42(32-44)55(59,60)61/h13-26,31-32,47-48H,5-12,27-30H2,1-4H3,(H3,64,65,66). The summed E-state index contributed by atoms with van der Waals surface area (Å²) in [5.41, 5.74) is 6.02. The van der Waals surface area contributed by atoms with E-state index in [0.717, 1.165) is 34.1 Å². The number of nitrogens with one attached hydrogen (secondary N) is 1. The minimum atomic E-state index is -4.70. The molecule has 76 heavy (non-hydrogen) atoms. The third-order valence-electron chi connectivity index (χ3n) is 12.8. The zero-order valence-corrected chi connectivity index (χ0v) is 42.3. The Kier molecular flexibility index (Phi) is 18.9. The quantitative estimate of drug-likeness (QED) is 0.0282. The predicted octanol–water partition coefficient (Wildman–Crippen LogP) is 11.1. The normalized spacial score (nSPS) is 16.4. The number of nitriles is 2. The fraction of sp³-hybridized carbons (Fsp3) is 0.364. The molecule has 400 valence electrons. The number of amides is 4. The molecule has 0 saturated heterocycles. The van der Waals surface area contributed by atoms with E-state index in [0.29, 0.717) is 73.9 Å². The van der Waals surface area contributed by atoms with Gasteiger partial charge >= 0.3 is 36.4 Å². The lowest BCUT2D eigenvalue weighted by Crippen LogP contribution is -2.51. The summed E-state index contributed by atoms with van der Waals surface area (Å²) in [6.07, 6.45) is -6.46. The molecule has 0 fully saturated rings. The number of nitrogens with zero attached hydrogens (tertiary/aromatic N) is 7. The van der Waals surface area contributed by atoms with Crippen molar-refractivity contribution >= 4 is 41.3 Å². The smallest absolute Gasteiger partial charge is 0.416 e. The average Bonchev–Trinajstić information content (AvgIpc) is 3.43. The maximum absolute atomic E-state index is 14.5. The number of halogens is 6. The summed E-state index contributed by atoms with van der Waals surface area (Å²) in [4.78, 5) is 65.8. The van der Waals surface area contributed by atoms with Gasteiger partial charge in [0.25, 0.3) is 0 Å². The van der Waals surface area contributed by atoms with Crippen LogP contribution in [0.4, 0.5) is 47.3 Å². The Balaban J connectivity index is 1.10. The summed E-state index contributed by atoms with van der Waals surface area (Å²) in [5, 5.41) is 22.0. The molecule has 2 unspecified atom stereocenters. The van der Waals surface area contributed by atoms with Gasteiger partial charge in [0.05, 0.1) is 82.2 Å². The molecule has 0 radical (unpaired) electrons. The summed E-state index contributed by atoms with van der Waals surface area (Å²) in [6, 6.07) is 22.0. The van der Waals surface area contributed by atoms with Crippen LogP contribution in [0.2, 0.25) is 0 Å². The van der Waals surface area contributed by atoms with Gasteiger partial charge in [0, 0.05) is 37.6 Å². The molecule has 0 bridgehead atoms. The van der Waals surface area contributed by atoms with E-state index in [4.69, 9.17) is 15.2 Å². The Labute approximate surface area is 436 Å². The van der Waals surface area contributed by atoms with Crippen molar-refractivity contribution in [2.45, 2.75) is 90.7 Å². The molecule has 0 spiro atoms. The average molecular weight is 1050 g/mol. The Hall–Kier alpha value is -8.33. The third kappa shape index (κ3) is 13.3. The van der Waals surface area contributed by atoms with Crippen LogP contribution in [-0.4, -0.2) is 79.2 Å². The van der Waals surface area contributed by atoms with Crippen LogP contribution in [0.3, 0.4) is 0 Å². The first-order valence-electron chi connectivity index (χ1n) is 24.6. The van der Waals surface area contributed by atoms with Gasteiger partial charge in [-0.05, 0) is 138 Å². The summed E-state index contributed by atoms with van der Waals surface area (Å²) in [7, 11) is 0. The number of benzene rings is 4. The van der Waals surface area contributed by atoms with Gasteiger partial charge in [-0.25, -0.2) is 19.2 Å². The maximum atomic E-state index is 14.5. The van der Waals surface area contributed by atoms with E-state index >= 15 is 0 Å². The number of alkyl halides is 6. The molecule has 3 N–H and O–H groups in total. The van der Waals surface area contributed by atoms with E-state index in [-0.39, 0.29) is 66.2 Å². The van der Waals surface area contributed by atoms with Gasteiger partial charge < -0.3 is 30.3 Å². The van der Waals surface area contributed by atoms with Crippen LogP contribution in [0.25, 0.3) is 0 Å². The highest BCUT2D eigenvalue weighted by Crippen LogP contribution is 2.44. The monoisotopic (exact) mass is 1050 g/mol. The molecule has 0 saturated carbocycles. The van der Waals surface area contributed by atoms with Crippen molar-refractivity contribution in [2.75, 3.05) is 49.2 Å². The molecular formula is C55H57F6N9O6. The minimum Gasteiger partial charge on any atom is -0.463 e. The minimum absolute atomic E-state index is 0.00923. The van der Waals surface area contributed by atoms with Gasteiger partial charge in [0.15, 0.2) is 5.96 Å². The Morgan fingerprint density at radius 1 is 0.632 bits per heavy atom. The lowest BCUT2D eigenvalue weighted by atomic mass is 9.92. The number of unbranched alkanes of at least 4 members (excludes halogenated alkanes) is 4. The molecule has 0 aromatic heterocycles. The van der Waals surface area contributed by atoms with E-state index in [1.807, 2.05) is 12.1 Å². The number of guanidine groups is 1. The molecular weight excluding hydrogens is 997 g/mol. The number of hydrogen-bond acceptors (Lipinski definition) is 9. The molecule has 2 aliphatic heterocycles. The number of allylic oxidation sites excluding steroid dienone is 2. The number of esters is 2. The highest BCUT2D eigenvalue weighted by atomic mass is 19.4. The number of urea groups is 2. The van der Waals surface area contributed by atoms with Gasteiger partial charge in [-0.2, -0.15) is 36.9 Å². The van der Waals surface area contributed by atoms with Gasteiger partial charge in [0.1, 0.15) is 0 Å². The topological polar surface area (TPSA) is 198 Å². The zero-order valence-electron chi connectivity index (χ0n) is 42.3. The number of hydrogen-bond donors (Lipinski definition) is 2. The number of carbonyl (C=O) groups is 4. The van der Waals surface area contributed by atoms with Gasteiger partial charge in [0.2, 0.25) is 0 Å². The van der Waals surface area contributed by atoms with Crippen molar-refractivity contribution < 1.29 is 55.0 Å². The van der Waals surface area contributed by atoms with Gasteiger partial charge in [-0.3, -0.25) is 14.8 Å². The molecule has 2 atom stereocenters. The van der Waals surface area contributed by atoms with E-state index in [9.17, 15) is 56.0 Å². The van der Waals surface area contributed by atoms with Crippen LogP contribution in [0.1, 0.15) is 112 Å². The number of aliphatic imine (C=N–C) groups is 1. The predicted molar refractivity (Wildman–Crippen MR) is 271 cm³/mol. The van der Waals surface area contributed by atoms with E-state index in [2.05, 4.69) is 10.3 Å². The van der Waals surface area contributed by atoms with Crippen LogP contribution in [0.15, 0.2) is 125 Å². The Morgan fingerprint density at radius 3 is 1.42 bits per heavy atom. The zero-order chi connectivity index (χ0) is 55.3. The first kappa shape index (κ1) is 57.0. The van der Waals surface area contributed by atoms with E-state index < -0.39 is 59.6 Å². The van der Waals surface area contributed by atoms with E-state index in [1.54, 1.807) is 62.4 Å². The van der Waals surface area contributed by atoms with Crippen LogP contribution >= 0.6 is 0 Å². The van der Waals surface area contributed by atoms with Crippen LogP contribution in [0.5, 0.6) is 0 Å². The van der Waals surface area contributed by atoms with Crippen molar-refractivity contribution in [1.29, 1.82) is 10.5 Å². The molecule has 0 aliphatic carbocycles. The van der Waals surface area contributed by atoms with Gasteiger partial charge in [-0.15, -0.1) is 0 Å². The summed E-state index contributed by atoms with van der Waals surface area (Å²) >= 11 is 0. The molecule has 6 rings (SSSR count). The van der Waals surface area contributed by atoms with Crippen LogP contribution in [0, 0.1) is 22.7 Å². The molecule has 21 heteroatoms. The second-order valence-corrected chi connectivity index (χ2v) is 17.7. The van der Waals surface area contributed by atoms with Crippen molar-refractivity contribution in [3.8, 4) is 12.1 Å². The first-order valence-corrected chi connectivity index (χ1v) is 24.6. The molecule has 2 heterocycles. The summed E-state index contributed by atoms with van der Waals surface area (Å²) in [6.45, 7) is 7.00. The molecule has 15 nitrogen and oxygen atoms in total. The summed E-state index contributed by atoms with van der Waals surface area (Å²) in [5.74, 6) is -1.35. The highest BCUT2D eigenvalue weighted by molar-refractivity contribution is 6.04. The maximum Gasteiger partial charge on any atom is 0.416 e. The Morgan fingerprint density at radius 2 is 1.04 bits per heavy atom. The highest BCUT2D eigenvalue weighted by Gasteiger charge is 2.45. The van der Waals surface area contributed by atoms with Crippen LogP contribution < -0.4 is 20.9 Å². The second kappa shape index (κ2) is 25.3. The van der Waals surface area contributed by atoms with Crippen molar-refractivity contribution in [2.24, 2.45) is 10.7 Å². The number of anilines is 2. The van der Waals surface area contributed by atoms with Crippen molar-refractivity contribution in [1.82, 2.24) is 15.1 Å². The summed E-state index contributed by atoms with van der Waals surface area (Å²) < 4.78 is 94.1. The first-order chi connectivity index (χ1) is 36.2. The molecule has 4 aromatic rings. The number of carbonyl (C=O) groups excluding carboxylic acids is 4. The number of rotatable bonds is 20. The van der Waals surface area contributed by atoms with Gasteiger partial charge in [-0.1, -0.05) is 36.4 Å². The largest absolute Gasteiger partial charge is 0.463 e. The van der Waals surface area contributed by atoms with Crippen molar-refractivity contribution in [3.05, 3.63) is 153 Å². The third-order valence-corrected chi connectivity index (χ3v) is 12.8. The van der Waals surface area contributed by atoms with Crippen LogP contribution in [-0.2, 0) is 31.4 Å². The second-order valence-electron chi connectivity index (χ2n) is 17.7. The lowest BCUT2D eigenvalue weighted by Gasteiger charge is -2.43. The fourth-order valence-corrected chi connectivity index (χ4v) is 9.15. The SMILES string of the molecule is CCOC(=O)C1=C(C)N(c2cccc(C(F)(F)F)c2)C(=O)N(CCCCCN=C(N)NCCCCCN2C(=O)N(c3cccc(C(F)(F)F)c3)C(C)=C(C(=O)OCC)C2c2ccc(C#N)cc2)C1c1ccc(C#N)cc1. The van der Waals surface area contributed by atoms with Crippen molar-refractivity contribution in [3.63, 3.8) is 0 Å². The molecule has 4 amide bonds. The van der Waals surface area contributed by atoms with E-state index in [1.165, 1.54) is 47.9 Å². The number of nitrogens with two attached hydrogens (primary N) is 1. The molecule has 4 aromatic carbocycles. The Bertz CT molecular complexity index is 2940. The molecule has 2 aliphatic rings. The lowest BCUT2D eigenvalue weighted by molar-refractivity contribution is -0.140.